The highest BCUT2D eigenvalue weighted by Crippen LogP contribution is 2.35. The van der Waals surface area contributed by atoms with Crippen molar-refractivity contribution in [2.24, 2.45) is 0 Å². The molecule has 0 N–H and O–H groups in total. The molecule has 0 unspecified atom stereocenters. The van der Waals surface area contributed by atoms with Crippen LogP contribution in [0.3, 0.4) is 0 Å². The van der Waals surface area contributed by atoms with Gasteiger partial charge in [0.1, 0.15) is 48.8 Å². The summed E-state index contributed by atoms with van der Waals surface area (Å²) in [5.41, 5.74) is 7.00. The second-order valence-electron chi connectivity index (χ2n) is 18.2. The highest BCUT2D eigenvalue weighted by Gasteiger charge is 2.52. The van der Waals surface area contributed by atoms with Crippen LogP contribution in [0.15, 0.2) is 212 Å². The van der Waals surface area contributed by atoms with Crippen LogP contribution in [0, 0.1) is 0 Å². The fraction of sp³-hybridized carbons (Fsp3) is 0.323. The van der Waals surface area contributed by atoms with Crippen LogP contribution in [0.5, 0.6) is 0 Å². The van der Waals surface area contributed by atoms with Crippen LogP contribution in [0.1, 0.15) is 38.9 Å². The quantitative estimate of drug-likeness (QED) is 0.0518. The van der Waals surface area contributed by atoms with E-state index in [1.165, 1.54) is 0 Å². The van der Waals surface area contributed by atoms with Crippen molar-refractivity contribution in [3.63, 3.8) is 0 Å². The van der Waals surface area contributed by atoms with Crippen molar-refractivity contribution < 1.29 is 52.1 Å². The number of benzene rings is 7. The van der Waals surface area contributed by atoms with Crippen molar-refractivity contribution in [1.82, 2.24) is 0 Å². The van der Waals surface area contributed by atoms with E-state index < -0.39 is 61.4 Å². The molecule has 0 bridgehead atoms. The van der Waals surface area contributed by atoms with E-state index in [0.717, 1.165) is 38.9 Å². The molecule has 2 aliphatic rings. The van der Waals surface area contributed by atoms with Crippen LogP contribution in [0.2, 0.25) is 0 Å². The average Bonchev–Trinajstić information content (AvgIpc) is 3.45. The number of rotatable bonds is 26. The first-order valence-corrected chi connectivity index (χ1v) is 25.2. The van der Waals surface area contributed by atoms with Gasteiger partial charge in [-0.1, -0.05) is 212 Å². The topological polar surface area (TPSA) is 102 Å². The first kappa shape index (κ1) is 52.0. The van der Waals surface area contributed by atoms with Gasteiger partial charge < -0.3 is 52.1 Å². The first-order valence-electron chi connectivity index (χ1n) is 25.2. The van der Waals surface area contributed by atoms with Crippen molar-refractivity contribution in [3.8, 4) is 0 Å². The van der Waals surface area contributed by atoms with Gasteiger partial charge >= 0.3 is 0 Å². The molecule has 2 fully saturated rings. The van der Waals surface area contributed by atoms with Crippen molar-refractivity contribution in [2.75, 3.05) is 20.3 Å². The largest absolute Gasteiger partial charge is 0.374 e. The molecule has 73 heavy (non-hydrogen) atoms. The summed E-state index contributed by atoms with van der Waals surface area (Å²) in [5, 5.41) is 0. The van der Waals surface area contributed by atoms with Crippen molar-refractivity contribution in [1.29, 1.82) is 0 Å². The molecule has 2 heterocycles. The fourth-order valence-electron chi connectivity index (χ4n) is 9.14. The van der Waals surface area contributed by atoms with Crippen LogP contribution in [-0.4, -0.2) is 81.7 Å². The maximum Gasteiger partial charge on any atom is 0.187 e. The van der Waals surface area contributed by atoms with E-state index in [1.807, 2.05) is 212 Å². The number of methoxy groups -OCH3 is 1. The first-order chi connectivity index (χ1) is 36.2. The van der Waals surface area contributed by atoms with Crippen molar-refractivity contribution in [3.05, 3.63) is 251 Å². The minimum absolute atomic E-state index is 0.00960. The molecule has 11 heteroatoms. The van der Waals surface area contributed by atoms with Crippen molar-refractivity contribution in [2.45, 2.75) is 108 Å². The predicted octanol–water partition coefficient (Wildman–Crippen LogP) is 10.8. The number of hydrogen-bond acceptors (Lipinski definition) is 11. The highest BCUT2D eigenvalue weighted by molar-refractivity contribution is 5.19. The molecule has 2 saturated heterocycles. The van der Waals surface area contributed by atoms with Gasteiger partial charge in [0.15, 0.2) is 12.6 Å². The van der Waals surface area contributed by atoms with Crippen LogP contribution in [0.25, 0.3) is 0 Å². The van der Waals surface area contributed by atoms with Gasteiger partial charge in [0, 0.05) is 7.11 Å². The third-order valence-electron chi connectivity index (χ3n) is 12.9. The molecule has 10 atom stereocenters. The smallest absolute Gasteiger partial charge is 0.187 e. The van der Waals surface area contributed by atoms with E-state index in [1.54, 1.807) is 7.11 Å². The molecule has 0 aromatic heterocycles. The summed E-state index contributed by atoms with van der Waals surface area (Å²) in [6.07, 6.45) is -7.47. The minimum Gasteiger partial charge on any atom is -0.374 e. The summed E-state index contributed by atoms with van der Waals surface area (Å²) in [4.78, 5) is 0. The zero-order chi connectivity index (χ0) is 49.7. The van der Waals surface area contributed by atoms with Crippen LogP contribution >= 0.6 is 0 Å². The predicted molar refractivity (Wildman–Crippen MR) is 276 cm³/mol. The summed E-state index contributed by atoms with van der Waals surface area (Å²) in [5.74, 6) is 0. The Hall–Kier alpha value is -5.90. The summed E-state index contributed by atoms with van der Waals surface area (Å²) in [6, 6.07) is 70.4. The fourth-order valence-corrected chi connectivity index (χ4v) is 9.14. The Kier molecular flexibility index (Phi) is 19.9. The van der Waals surface area contributed by atoms with Gasteiger partial charge in [-0.2, -0.15) is 0 Å². The zero-order valence-electron chi connectivity index (χ0n) is 41.3. The van der Waals surface area contributed by atoms with E-state index in [-0.39, 0.29) is 33.0 Å². The summed E-state index contributed by atoms with van der Waals surface area (Å²) in [7, 11) is 1.61. The molecule has 0 spiro atoms. The second-order valence-corrected chi connectivity index (χ2v) is 18.2. The van der Waals surface area contributed by atoms with Gasteiger partial charge in [-0.25, -0.2) is 0 Å². The molecular formula is C62H66O11. The standard InChI is InChI=1S/C62H66O11/c1-63-61-59(69-42-51-33-19-7-20-34-51)57(67-40-49-29-15-5-16-30-49)56(66-39-48-27-13-4-14-28-48)54(72-61)45-71-62-60(70-43-52-35-21-8-22-36-52)58(68-41-50-31-17-6-18-32-50)55(65-38-47-25-11-3-12-26-47)53(73-62)44-64-37-46-23-9-2-10-24-46/h2-36,53-62H,37-45H2,1H3/t53-,54-,55-,56-,57+,58+,59+,60-,61+,62-/m1/s1. The van der Waals surface area contributed by atoms with E-state index in [9.17, 15) is 0 Å². The number of ether oxygens (including phenoxy) is 11. The normalized spacial score (nSPS) is 24.0. The second kappa shape index (κ2) is 28.0. The third kappa shape index (κ3) is 15.3. The van der Waals surface area contributed by atoms with Gasteiger partial charge in [-0.15, -0.1) is 0 Å². The van der Waals surface area contributed by atoms with Crippen LogP contribution < -0.4 is 0 Å². The Bertz CT molecular complexity index is 2560. The van der Waals surface area contributed by atoms with E-state index in [0.29, 0.717) is 26.4 Å². The van der Waals surface area contributed by atoms with Crippen LogP contribution in [-0.2, 0) is 98.4 Å². The third-order valence-corrected chi connectivity index (χ3v) is 12.9. The Morgan fingerprint density at radius 2 is 0.534 bits per heavy atom. The average molecular weight is 987 g/mol. The Morgan fingerprint density at radius 3 is 0.863 bits per heavy atom. The Labute approximate surface area is 429 Å². The summed E-state index contributed by atoms with van der Waals surface area (Å²) < 4.78 is 75.2. The van der Waals surface area contributed by atoms with Gasteiger partial charge in [0.2, 0.25) is 0 Å². The Morgan fingerprint density at radius 1 is 0.274 bits per heavy atom. The molecule has 7 aromatic carbocycles. The lowest BCUT2D eigenvalue weighted by Gasteiger charge is -2.48. The molecule has 0 amide bonds. The molecule has 0 saturated carbocycles. The van der Waals surface area contributed by atoms with E-state index in [2.05, 4.69) is 0 Å². The molecule has 0 radical (unpaired) electrons. The maximum absolute atomic E-state index is 7.10. The van der Waals surface area contributed by atoms with E-state index in [4.69, 9.17) is 52.1 Å². The van der Waals surface area contributed by atoms with E-state index >= 15 is 0 Å². The lowest BCUT2D eigenvalue weighted by Crippen LogP contribution is -2.64. The maximum atomic E-state index is 7.10. The van der Waals surface area contributed by atoms with Gasteiger partial charge in [-0.05, 0) is 38.9 Å². The van der Waals surface area contributed by atoms with Gasteiger partial charge in [0.05, 0.1) is 59.5 Å². The van der Waals surface area contributed by atoms with Gasteiger partial charge in [-0.3, -0.25) is 0 Å². The lowest BCUT2D eigenvalue weighted by molar-refractivity contribution is -0.351. The molecule has 2 aliphatic heterocycles. The molecule has 0 aliphatic carbocycles. The SMILES string of the molecule is CO[C@H]1O[C@H](CO[C@@H]2O[C@H](COCc3ccccc3)[C@@H](OCc3ccccc3)[C@H](OCc3ccccc3)[C@H]2OCc2ccccc2)[C@@H](OCc2ccccc2)[C@H](OCc2ccccc2)[C@@H]1OCc1ccccc1. The van der Waals surface area contributed by atoms with Crippen LogP contribution in [0.4, 0.5) is 0 Å². The lowest BCUT2D eigenvalue weighted by atomic mass is 9.96. The number of hydrogen-bond donors (Lipinski definition) is 0. The monoisotopic (exact) mass is 986 g/mol. The Balaban J connectivity index is 1.05. The molecule has 7 aromatic rings. The molecule has 9 rings (SSSR count). The van der Waals surface area contributed by atoms with Gasteiger partial charge in [0.25, 0.3) is 0 Å². The highest BCUT2D eigenvalue weighted by atomic mass is 16.7. The summed E-state index contributed by atoms with van der Waals surface area (Å²) in [6.45, 7) is 2.25. The molecule has 380 valence electrons. The minimum atomic E-state index is -0.999. The van der Waals surface area contributed by atoms with Crippen molar-refractivity contribution >= 4 is 0 Å². The molecule has 11 nitrogen and oxygen atoms in total. The molecular weight excluding hydrogens is 921 g/mol. The zero-order valence-corrected chi connectivity index (χ0v) is 41.3. The summed E-state index contributed by atoms with van der Waals surface area (Å²) >= 11 is 0.